The summed E-state index contributed by atoms with van der Waals surface area (Å²) in [6, 6.07) is 19.4. The number of benzene rings is 3. The van der Waals surface area contributed by atoms with Crippen LogP contribution in [0, 0.1) is 0 Å². The molecule has 1 heterocycles. The van der Waals surface area contributed by atoms with Gasteiger partial charge < -0.3 is 20.1 Å². The first-order chi connectivity index (χ1) is 16.5. The van der Waals surface area contributed by atoms with Gasteiger partial charge in [0, 0.05) is 20.7 Å². The first kappa shape index (κ1) is 24.5. The molecule has 4 rings (SSSR count). The SMILES string of the molecule is CCc1ccc(N[C@@H]2NC(=O)/C(=C/c3cc(OC)c(OCc4ccccc4Cl)cc3Br)S2)cc1. The number of amides is 1. The summed E-state index contributed by atoms with van der Waals surface area (Å²) >= 11 is 11.3. The van der Waals surface area contributed by atoms with E-state index in [1.54, 1.807) is 7.11 Å². The summed E-state index contributed by atoms with van der Waals surface area (Å²) < 4.78 is 12.3. The van der Waals surface area contributed by atoms with Crippen molar-refractivity contribution < 1.29 is 14.3 Å². The zero-order valence-corrected chi connectivity index (χ0v) is 21.9. The highest BCUT2D eigenvalue weighted by Gasteiger charge is 2.27. The summed E-state index contributed by atoms with van der Waals surface area (Å²) in [5.41, 5.74) is 3.68. The molecule has 176 valence electrons. The summed E-state index contributed by atoms with van der Waals surface area (Å²) in [7, 11) is 1.59. The molecule has 0 spiro atoms. The molecule has 1 fully saturated rings. The molecular formula is C26H24BrClN2O3S. The molecule has 0 bridgehead atoms. The molecule has 34 heavy (non-hydrogen) atoms. The van der Waals surface area contributed by atoms with Crippen molar-refractivity contribution in [2.75, 3.05) is 12.4 Å². The zero-order chi connectivity index (χ0) is 24.1. The number of hydrogen-bond donors (Lipinski definition) is 2. The Kier molecular flexibility index (Phi) is 8.08. The molecule has 5 nitrogen and oxygen atoms in total. The number of nitrogens with one attached hydrogen (secondary N) is 2. The minimum absolute atomic E-state index is 0.127. The van der Waals surface area contributed by atoms with Crippen LogP contribution in [0.4, 0.5) is 5.69 Å². The van der Waals surface area contributed by atoms with Crippen LogP contribution in [0.3, 0.4) is 0 Å². The molecule has 2 N–H and O–H groups in total. The van der Waals surface area contributed by atoms with Crippen LogP contribution in [0.2, 0.25) is 5.02 Å². The van der Waals surface area contributed by atoms with E-state index >= 15 is 0 Å². The van der Waals surface area contributed by atoms with Crippen molar-refractivity contribution >= 4 is 57.0 Å². The van der Waals surface area contributed by atoms with Crippen LogP contribution in [0.25, 0.3) is 6.08 Å². The summed E-state index contributed by atoms with van der Waals surface area (Å²) in [4.78, 5) is 13.2. The standard InChI is InChI=1S/C26H24BrClN2O3S/c1-3-16-8-10-19(11-9-16)29-26-30-25(31)24(34-26)13-18-12-22(32-2)23(14-20(18)27)33-15-17-6-4-5-7-21(17)28/h4-14,26,29H,3,15H2,1-2H3,(H,30,31)/b24-13-/t26-/m1/s1. The molecule has 3 aromatic rings. The van der Waals surface area contributed by atoms with Gasteiger partial charge in [-0.1, -0.05) is 76.5 Å². The lowest BCUT2D eigenvalue weighted by Crippen LogP contribution is -2.30. The molecule has 1 aliphatic rings. The molecule has 0 unspecified atom stereocenters. The van der Waals surface area contributed by atoms with Gasteiger partial charge in [0.05, 0.1) is 12.0 Å². The minimum Gasteiger partial charge on any atom is -0.493 e. The smallest absolute Gasteiger partial charge is 0.260 e. The van der Waals surface area contributed by atoms with Crippen molar-refractivity contribution in [1.29, 1.82) is 0 Å². The van der Waals surface area contributed by atoms with Crippen molar-refractivity contribution in [1.82, 2.24) is 5.32 Å². The highest BCUT2D eigenvalue weighted by atomic mass is 79.9. The Bertz CT molecular complexity index is 1220. The van der Waals surface area contributed by atoms with Crippen molar-refractivity contribution in [2.45, 2.75) is 25.4 Å². The van der Waals surface area contributed by atoms with E-state index in [9.17, 15) is 4.79 Å². The Labute approximate surface area is 217 Å². The molecular weight excluding hydrogens is 536 g/mol. The lowest BCUT2D eigenvalue weighted by atomic mass is 10.1. The number of rotatable bonds is 8. The van der Waals surface area contributed by atoms with Crippen LogP contribution in [0.1, 0.15) is 23.6 Å². The van der Waals surface area contributed by atoms with E-state index in [4.69, 9.17) is 21.1 Å². The third-order valence-corrected chi connectivity index (χ3v) is 7.39. The van der Waals surface area contributed by atoms with Gasteiger partial charge in [-0.3, -0.25) is 4.79 Å². The lowest BCUT2D eigenvalue weighted by Gasteiger charge is -2.14. The van der Waals surface area contributed by atoms with E-state index in [0.717, 1.165) is 27.7 Å². The third-order valence-electron chi connectivity index (χ3n) is 5.30. The van der Waals surface area contributed by atoms with Gasteiger partial charge in [0.1, 0.15) is 6.61 Å². The molecule has 1 aliphatic heterocycles. The average molecular weight is 560 g/mol. The number of carbonyl (C=O) groups is 1. The van der Waals surface area contributed by atoms with E-state index in [1.807, 2.05) is 54.6 Å². The minimum atomic E-state index is -0.245. The molecule has 0 radical (unpaired) electrons. The molecule has 3 aromatic carbocycles. The van der Waals surface area contributed by atoms with Crippen molar-refractivity contribution in [3.8, 4) is 11.5 Å². The van der Waals surface area contributed by atoms with Crippen LogP contribution >= 0.6 is 39.3 Å². The van der Waals surface area contributed by atoms with Gasteiger partial charge in [-0.25, -0.2) is 0 Å². The largest absolute Gasteiger partial charge is 0.493 e. The fourth-order valence-corrected chi connectivity index (χ4v) is 5.00. The second kappa shape index (κ2) is 11.2. The third kappa shape index (κ3) is 5.90. The van der Waals surface area contributed by atoms with E-state index in [0.29, 0.717) is 28.0 Å². The number of hydrogen-bond acceptors (Lipinski definition) is 5. The first-order valence-corrected chi connectivity index (χ1v) is 12.8. The molecule has 1 amide bonds. The molecule has 8 heteroatoms. The second-order valence-electron chi connectivity index (χ2n) is 7.58. The van der Waals surface area contributed by atoms with Crippen molar-refractivity contribution in [3.63, 3.8) is 0 Å². The second-order valence-corrected chi connectivity index (χ2v) is 9.99. The Hall–Kier alpha value is -2.61. The zero-order valence-electron chi connectivity index (χ0n) is 18.7. The monoisotopic (exact) mass is 558 g/mol. The van der Waals surface area contributed by atoms with Gasteiger partial charge in [0.25, 0.3) is 5.91 Å². The van der Waals surface area contributed by atoms with Crippen molar-refractivity contribution in [2.24, 2.45) is 0 Å². The predicted molar refractivity (Wildman–Crippen MR) is 143 cm³/mol. The van der Waals surface area contributed by atoms with Gasteiger partial charge in [0.2, 0.25) is 0 Å². The highest BCUT2D eigenvalue weighted by Crippen LogP contribution is 2.38. The van der Waals surface area contributed by atoms with Crippen molar-refractivity contribution in [3.05, 3.63) is 91.8 Å². The molecule has 1 atom stereocenters. The fourth-order valence-electron chi connectivity index (χ4n) is 3.40. The van der Waals surface area contributed by atoms with Crippen LogP contribution in [0.15, 0.2) is 70.0 Å². The van der Waals surface area contributed by atoms with Crippen LogP contribution in [-0.4, -0.2) is 18.5 Å². The Morgan fingerprint density at radius 2 is 1.91 bits per heavy atom. The topological polar surface area (TPSA) is 59.6 Å². The van der Waals surface area contributed by atoms with E-state index in [-0.39, 0.29) is 11.4 Å². The lowest BCUT2D eigenvalue weighted by molar-refractivity contribution is -0.116. The maximum absolute atomic E-state index is 12.6. The number of methoxy groups -OCH3 is 1. The number of halogens is 2. The molecule has 0 aromatic heterocycles. The van der Waals surface area contributed by atoms with Gasteiger partial charge in [0.15, 0.2) is 17.0 Å². The van der Waals surface area contributed by atoms with E-state index < -0.39 is 0 Å². The van der Waals surface area contributed by atoms with E-state index in [2.05, 4.69) is 45.6 Å². The number of anilines is 1. The molecule has 0 aliphatic carbocycles. The van der Waals surface area contributed by atoms with Gasteiger partial charge >= 0.3 is 0 Å². The van der Waals surface area contributed by atoms with Gasteiger partial charge in [-0.2, -0.15) is 0 Å². The van der Waals surface area contributed by atoms with Crippen LogP contribution in [0.5, 0.6) is 11.5 Å². The van der Waals surface area contributed by atoms with Gasteiger partial charge in [-0.15, -0.1) is 0 Å². The highest BCUT2D eigenvalue weighted by molar-refractivity contribution is 9.10. The van der Waals surface area contributed by atoms with Gasteiger partial charge in [-0.05, 0) is 54.0 Å². The quantitative estimate of drug-likeness (QED) is 0.296. The van der Waals surface area contributed by atoms with E-state index in [1.165, 1.54) is 17.3 Å². The number of carbonyl (C=O) groups excluding carboxylic acids is 1. The number of ether oxygens (including phenoxy) is 2. The Morgan fingerprint density at radius 3 is 2.62 bits per heavy atom. The van der Waals surface area contributed by atoms with Crippen LogP contribution < -0.4 is 20.1 Å². The summed E-state index contributed by atoms with van der Waals surface area (Å²) in [6.45, 7) is 2.44. The summed E-state index contributed by atoms with van der Waals surface area (Å²) in [5.74, 6) is 1.02. The Balaban J connectivity index is 1.48. The number of aryl methyl sites for hydroxylation is 1. The molecule has 0 saturated carbocycles. The normalized spacial score (nSPS) is 16.4. The Morgan fingerprint density at radius 1 is 1.15 bits per heavy atom. The fraction of sp³-hybridized carbons (Fsp3) is 0.192. The summed E-state index contributed by atoms with van der Waals surface area (Å²) in [5, 5.41) is 6.96. The summed E-state index contributed by atoms with van der Waals surface area (Å²) in [6.07, 6.45) is 2.83. The average Bonchev–Trinajstić information content (AvgIpc) is 3.18. The molecule has 1 saturated heterocycles. The number of thioether (sulfide) groups is 1. The predicted octanol–water partition coefficient (Wildman–Crippen LogP) is 6.85. The van der Waals surface area contributed by atoms with Crippen LogP contribution in [-0.2, 0) is 17.8 Å². The maximum atomic E-state index is 12.6. The maximum Gasteiger partial charge on any atom is 0.260 e. The first-order valence-electron chi connectivity index (χ1n) is 10.7.